The lowest BCUT2D eigenvalue weighted by molar-refractivity contribution is -0.0286. The van der Waals surface area contributed by atoms with Crippen molar-refractivity contribution in [2.24, 2.45) is 16.8 Å². The molecule has 2 heterocycles. The molecule has 1 unspecified atom stereocenters. The van der Waals surface area contributed by atoms with E-state index in [1.54, 1.807) is 0 Å². The Morgan fingerprint density at radius 3 is 2.57 bits per heavy atom. The van der Waals surface area contributed by atoms with E-state index in [2.05, 4.69) is 40.9 Å². The molecule has 0 aliphatic carbocycles. The Morgan fingerprint density at radius 2 is 1.96 bits per heavy atom. The van der Waals surface area contributed by atoms with Crippen molar-refractivity contribution in [2.45, 2.75) is 39.7 Å². The minimum atomic E-state index is 0. The standard InChI is InChI=1S/C17H34N4O.HI/c1-14(2)12-20-9-10-22-16(13-20)11-19-17(18-4)21-7-5-15(3)6-8-21;/h14-16H,5-13H2,1-4H3,(H,18,19);1H. The van der Waals surface area contributed by atoms with Gasteiger partial charge in [-0.1, -0.05) is 20.8 Å². The number of nitrogens with zero attached hydrogens (tertiary/aromatic N) is 3. The maximum absolute atomic E-state index is 5.91. The van der Waals surface area contributed by atoms with Gasteiger partial charge in [0, 0.05) is 46.3 Å². The summed E-state index contributed by atoms with van der Waals surface area (Å²) in [7, 11) is 1.88. The molecule has 0 aromatic heterocycles. The van der Waals surface area contributed by atoms with E-state index in [4.69, 9.17) is 4.74 Å². The van der Waals surface area contributed by atoms with E-state index in [0.717, 1.165) is 57.1 Å². The predicted octanol–water partition coefficient (Wildman–Crippen LogP) is 2.27. The van der Waals surface area contributed by atoms with E-state index in [-0.39, 0.29) is 30.1 Å². The Bertz CT molecular complexity index is 357. The van der Waals surface area contributed by atoms with Crippen molar-refractivity contribution in [2.75, 3.05) is 52.9 Å². The van der Waals surface area contributed by atoms with Crippen LogP contribution in [0.15, 0.2) is 4.99 Å². The molecule has 1 atom stereocenters. The summed E-state index contributed by atoms with van der Waals surface area (Å²) in [4.78, 5) is 9.35. The number of hydrogen-bond donors (Lipinski definition) is 1. The normalized spacial score (nSPS) is 24.7. The molecule has 0 saturated carbocycles. The molecule has 0 spiro atoms. The Kier molecular flexibility index (Phi) is 9.77. The summed E-state index contributed by atoms with van der Waals surface area (Å²) in [6.07, 6.45) is 2.80. The molecule has 0 amide bonds. The lowest BCUT2D eigenvalue weighted by Gasteiger charge is -2.36. The minimum absolute atomic E-state index is 0. The Hall–Kier alpha value is -0.0800. The van der Waals surface area contributed by atoms with Crippen molar-refractivity contribution in [1.82, 2.24) is 15.1 Å². The van der Waals surface area contributed by atoms with E-state index in [1.165, 1.54) is 19.4 Å². The molecule has 2 rings (SSSR count). The highest BCUT2D eigenvalue weighted by molar-refractivity contribution is 14.0. The maximum atomic E-state index is 5.91. The molecule has 136 valence electrons. The molecule has 6 heteroatoms. The smallest absolute Gasteiger partial charge is 0.193 e. The molecule has 0 radical (unpaired) electrons. The Morgan fingerprint density at radius 1 is 1.26 bits per heavy atom. The molecule has 2 fully saturated rings. The van der Waals surface area contributed by atoms with Crippen molar-refractivity contribution in [3.63, 3.8) is 0 Å². The predicted molar refractivity (Wildman–Crippen MR) is 108 cm³/mol. The lowest BCUT2D eigenvalue weighted by atomic mass is 10.00. The molecule has 0 aromatic rings. The summed E-state index contributed by atoms with van der Waals surface area (Å²) in [5, 5.41) is 3.52. The number of hydrogen-bond acceptors (Lipinski definition) is 3. The van der Waals surface area contributed by atoms with Gasteiger partial charge >= 0.3 is 0 Å². The molecule has 2 aliphatic heterocycles. The monoisotopic (exact) mass is 438 g/mol. The number of rotatable bonds is 4. The topological polar surface area (TPSA) is 40.1 Å². The van der Waals surface area contributed by atoms with Gasteiger partial charge < -0.3 is 15.0 Å². The zero-order chi connectivity index (χ0) is 15.9. The zero-order valence-electron chi connectivity index (χ0n) is 15.3. The summed E-state index contributed by atoms with van der Waals surface area (Å²) < 4.78 is 5.91. The van der Waals surface area contributed by atoms with Gasteiger partial charge in [0.15, 0.2) is 5.96 Å². The Balaban J connectivity index is 0.00000264. The minimum Gasteiger partial charge on any atom is -0.374 e. The van der Waals surface area contributed by atoms with Gasteiger partial charge in [0.1, 0.15) is 0 Å². The molecule has 0 aromatic carbocycles. The molecule has 2 saturated heterocycles. The fourth-order valence-electron chi connectivity index (χ4n) is 3.34. The van der Waals surface area contributed by atoms with E-state index in [9.17, 15) is 0 Å². The first-order chi connectivity index (χ1) is 10.6. The van der Waals surface area contributed by atoms with Crippen molar-refractivity contribution in [3.8, 4) is 0 Å². The third-order valence-electron chi connectivity index (χ3n) is 4.63. The van der Waals surface area contributed by atoms with Gasteiger partial charge in [0.25, 0.3) is 0 Å². The van der Waals surface area contributed by atoms with Gasteiger partial charge in [-0.3, -0.25) is 9.89 Å². The van der Waals surface area contributed by atoms with E-state index in [0.29, 0.717) is 0 Å². The van der Waals surface area contributed by atoms with Gasteiger partial charge in [-0.05, 0) is 24.7 Å². The first-order valence-corrected chi connectivity index (χ1v) is 8.88. The van der Waals surface area contributed by atoms with Crippen molar-refractivity contribution in [1.29, 1.82) is 0 Å². The summed E-state index contributed by atoms with van der Waals surface area (Å²) in [6, 6.07) is 0. The van der Waals surface area contributed by atoms with Crippen LogP contribution in [0, 0.1) is 11.8 Å². The molecule has 23 heavy (non-hydrogen) atoms. The second-order valence-corrected chi connectivity index (χ2v) is 7.24. The van der Waals surface area contributed by atoms with Crippen molar-refractivity contribution >= 4 is 29.9 Å². The van der Waals surface area contributed by atoms with Crippen LogP contribution in [0.2, 0.25) is 0 Å². The maximum Gasteiger partial charge on any atom is 0.193 e. The van der Waals surface area contributed by atoms with Gasteiger partial charge in [-0.2, -0.15) is 0 Å². The average molecular weight is 438 g/mol. The number of ether oxygens (including phenoxy) is 1. The van der Waals surface area contributed by atoms with Crippen LogP contribution in [0.3, 0.4) is 0 Å². The van der Waals surface area contributed by atoms with Gasteiger partial charge in [0.05, 0.1) is 12.7 Å². The van der Waals surface area contributed by atoms with Crippen LogP contribution in [0.25, 0.3) is 0 Å². The molecule has 2 aliphatic rings. The second-order valence-electron chi connectivity index (χ2n) is 7.24. The zero-order valence-corrected chi connectivity index (χ0v) is 17.6. The summed E-state index contributed by atoms with van der Waals surface area (Å²) in [5.74, 6) is 2.60. The summed E-state index contributed by atoms with van der Waals surface area (Å²) in [6.45, 7) is 14.1. The van der Waals surface area contributed by atoms with Gasteiger partial charge in [-0.25, -0.2) is 0 Å². The van der Waals surface area contributed by atoms with E-state index in [1.807, 2.05) is 7.05 Å². The number of halogens is 1. The summed E-state index contributed by atoms with van der Waals surface area (Å²) >= 11 is 0. The van der Waals surface area contributed by atoms with Gasteiger partial charge in [0.2, 0.25) is 0 Å². The molecular formula is C17H35IN4O. The molecule has 0 bridgehead atoms. The molecule has 5 nitrogen and oxygen atoms in total. The number of aliphatic imine (C=N–C) groups is 1. The SMILES string of the molecule is CN=C(NCC1CN(CC(C)C)CCO1)N1CCC(C)CC1.I. The van der Waals surface area contributed by atoms with Crippen LogP contribution in [0.1, 0.15) is 33.6 Å². The third kappa shape index (κ3) is 7.13. The highest BCUT2D eigenvalue weighted by Gasteiger charge is 2.23. The number of nitrogens with one attached hydrogen (secondary N) is 1. The van der Waals surface area contributed by atoms with Crippen LogP contribution < -0.4 is 5.32 Å². The van der Waals surface area contributed by atoms with E-state index >= 15 is 0 Å². The number of piperidine rings is 1. The van der Waals surface area contributed by atoms with Crippen LogP contribution in [0.5, 0.6) is 0 Å². The first kappa shape index (κ1) is 21.0. The quantitative estimate of drug-likeness (QED) is 0.416. The van der Waals surface area contributed by atoms with Crippen LogP contribution in [0.4, 0.5) is 0 Å². The van der Waals surface area contributed by atoms with Crippen LogP contribution >= 0.6 is 24.0 Å². The number of likely N-dealkylation sites (tertiary alicyclic amines) is 1. The fourth-order valence-corrected chi connectivity index (χ4v) is 3.34. The largest absolute Gasteiger partial charge is 0.374 e. The molecule has 1 N–H and O–H groups in total. The van der Waals surface area contributed by atoms with Crippen LogP contribution in [-0.2, 0) is 4.74 Å². The van der Waals surface area contributed by atoms with Gasteiger partial charge in [-0.15, -0.1) is 24.0 Å². The van der Waals surface area contributed by atoms with Crippen molar-refractivity contribution in [3.05, 3.63) is 0 Å². The third-order valence-corrected chi connectivity index (χ3v) is 4.63. The van der Waals surface area contributed by atoms with Crippen LogP contribution in [-0.4, -0.2) is 74.8 Å². The average Bonchev–Trinajstić information content (AvgIpc) is 2.49. The fraction of sp³-hybridized carbons (Fsp3) is 0.941. The second kappa shape index (κ2) is 10.7. The lowest BCUT2D eigenvalue weighted by Crippen LogP contribution is -2.51. The first-order valence-electron chi connectivity index (χ1n) is 8.88. The molecular weight excluding hydrogens is 403 g/mol. The van der Waals surface area contributed by atoms with Crippen molar-refractivity contribution < 1.29 is 4.74 Å². The highest BCUT2D eigenvalue weighted by atomic mass is 127. The number of morpholine rings is 1. The Labute approximate surface area is 159 Å². The number of guanidine groups is 1. The van der Waals surface area contributed by atoms with E-state index < -0.39 is 0 Å². The highest BCUT2D eigenvalue weighted by Crippen LogP contribution is 2.16. The summed E-state index contributed by atoms with van der Waals surface area (Å²) in [5.41, 5.74) is 0.